The van der Waals surface area contributed by atoms with Crippen molar-refractivity contribution in [1.82, 2.24) is 9.88 Å². The van der Waals surface area contributed by atoms with E-state index in [1.165, 1.54) is 42.3 Å². The van der Waals surface area contributed by atoms with Crippen LogP contribution in [0.3, 0.4) is 0 Å². The number of thiocarbonyl (C=S) groups is 1. The molecule has 3 heteroatoms. The fraction of sp³-hybridized carbons (Fsp3) is 0.500. The van der Waals surface area contributed by atoms with Gasteiger partial charge in [-0.2, -0.15) is 0 Å². The Morgan fingerprint density at radius 1 is 1.43 bits per heavy atom. The predicted molar refractivity (Wildman–Crippen MR) is 91.1 cm³/mol. The number of likely N-dealkylation sites (N-methyl/N-ethyl adjacent to an activating group) is 1. The Morgan fingerprint density at radius 3 is 3.19 bits per heavy atom. The first-order chi connectivity index (χ1) is 10.3. The first-order valence-corrected chi connectivity index (χ1v) is 8.33. The van der Waals surface area contributed by atoms with Gasteiger partial charge in [0.25, 0.3) is 0 Å². The van der Waals surface area contributed by atoms with Crippen LogP contribution in [0.4, 0.5) is 0 Å². The third kappa shape index (κ3) is 2.14. The number of benzene rings is 1. The van der Waals surface area contributed by atoms with E-state index in [9.17, 15) is 0 Å². The standard InChI is InChI=1S/C18H21N2S/c1-20-11-12(4-3-7-21)8-15-14-5-2-6-16-18(14)13(10-19-16)9-17(15)20/h2,5-6,10,12,15,17,19H,3-4,8-9,11H2,1H3/t12?,15?,17-/m1/s1. The van der Waals surface area contributed by atoms with Crippen LogP contribution in [0.1, 0.15) is 36.3 Å². The van der Waals surface area contributed by atoms with E-state index in [2.05, 4.69) is 46.7 Å². The summed E-state index contributed by atoms with van der Waals surface area (Å²) >= 11 is 4.89. The van der Waals surface area contributed by atoms with Gasteiger partial charge in [-0.1, -0.05) is 24.4 Å². The molecule has 3 atom stereocenters. The number of nitrogens with zero attached hydrogens (tertiary/aromatic N) is 1. The molecule has 0 amide bonds. The van der Waals surface area contributed by atoms with E-state index in [0.29, 0.717) is 12.0 Å². The van der Waals surface area contributed by atoms with Crippen LogP contribution in [-0.4, -0.2) is 34.9 Å². The Bertz CT molecular complexity index is 675. The SMILES string of the molecule is CN1CC(CC[C]=S)CC2c3cccc4[nH]cc(c34)C[C@H]21. The molecular formula is C18H21N2S. The van der Waals surface area contributed by atoms with Gasteiger partial charge in [-0.05, 0) is 55.8 Å². The second-order valence-electron chi connectivity index (χ2n) is 6.69. The summed E-state index contributed by atoms with van der Waals surface area (Å²) in [6.07, 6.45) is 6.84. The Balaban J connectivity index is 1.72. The molecule has 1 aromatic heterocycles. The summed E-state index contributed by atoms with van der Waals surface area (Å²) in [6.45, 7) is 1.20. The molecular weight excluding hydrogens is 276 g/mol. The quantitative estimate of drug-likeness (QED) is 0.869. The molecule has 1 N–H and O–H groups in total. The molecule has 2 aromatic rings. The molecule has 2 heterocycles. The van der Waals surface area contributed by atoms with E-state index in [1.54, 1.807) is 5.56 Å². The minimum absolute atomic E-state index is 0.659. The summed E-state index contributed by atoms with van der Waals surface area (Å²) in [7, 11) is 2.29. The lowest BCUT2D eigenvalue weighted by Gasteiger charge is -2.45. The molecule has 1 aliphatic carbocycles. The topological polar surface area (TPSA) is 19.0 Å². The van der Waals surface area contributed by atoms with E-state index in [-0.39, 0.29) is 0 Å². The summed E-state index contributed by atoms with van der Waals surface area (Å²) in [5, 5.41) is 4.39. The van der Waals surface area contributed by atoms with Crippen molar-refractivity contribution in [2.45, 2.75) is 37.6 Å². The molecule has 2 nitrogen and oxygen atoms in total. The number of aromatic nitrogens is 1. The van der Waals surface area contributed by atoms with Crippen LogP contribution in [0.2, 0.25) is 0 Å². The number of aromatic amines is 1. The lowest BCUT2D eigenvalue weighted by atomic mass is 9.72. The second kappa shape index (κ2) is 5.22. The van der Waals surface area contributed by atoms with Gasteiger partial charge in [0, 0.05) is 41.0 Å². The molecule has 1 fully saturated rings. The van der Waals surface area contributed by atoms with Gasteiger partial charge in [-0.3, -0.25) is 0 Å². The van der Waals surface area contributed by atoms with Gasteiger partial charge in [0.1, 0.15) is 0 Å². The Kier molecular flexibility index (Phi) is 3.35. The van der Waals surface area contributed by atoms with Crippen molar-refractivity contribution in [1.29, 1.82) is 0 Å². The third-order valence-electron chi connectivity index (χ3n) is 5.47. The summed E-state index contributed by atoms with van der Waals surface area (Å²) in [6, 6.07) is 7.41. The van der Waals surface area contributed by atoms with Crippen LogP contribution in [0, 0.1) is 5.92 Å². The van der Waals surface area contributed by atoms with Crippen molar-refractivity contribution in [3.8, 4) is 0 Å². The van der Waals surface area contributed by atoms with Gasteiger partial charge < -0.3 is 9.88 Å². The van der Waals surface area contributed by atoms with E-state index in [1.807, 2.05) is 0 Å². The van der Waals surface area contributed by atoms with Crippen LogP contribution in [-0.2, 0) is 6.42 Å². The minimum Gasteiger partial charge on any atom is -0.361 e. The maximum atomic E-state index is 4.89. The van der Waals surface area contributed by atoms with Crippen molar-refractivity contribution >= 4 is 28.5 Å². The van der Waals surface area contributed by atoms with E-state index >= 15 is 0 Å². The van der Waals surface area contributed by atoms with Crippen LogP contribution in [0.5, 0.6) is 0 Å². The lowest BCUT2D eigenvalue weighted by molar-refractivity contribution is 0.109. The Labute approximate surface area is 131 Å². The number of fused-ring (bicyclic) bond motifs is 2. The molecule has 1 aliphatic heterocycles. The summed E-state index contributed by atoms with van der Waals surface area (Å²) in [5.41, 5.74) is 4.36. The zero-order chi connectivity index (χ0) is 14.4. The molecule has 0 bridgehead atoms. The highest BCUT2D eigenvalue weighted by atomic mass is 32.1. The van der Waals surface area contributed by atoms with Crippen LogP contribution in [0.15, 0.2) is 24.4 Å². The van der Waals surface area contributed by atoms with Gasteiger partial charge in [0.15, 0.2) is 0 Å². The van der Waals surface area contributed by atoms with Crippen LogP contribution >= 0.6 is 12.2 Å². The zero-order valence-corrected chi connectivity index (χ0v) is 13.2. The molecule has 0 saturated carbocycles. The number of hydrogen-bond donors (Lipinski definition) is 1. The molecule has 21 heavy (non-hydrogen) atoms. The van der Waals surface area contributed by atoms with E-state index in [0.717, 1.165) is 12.3 Å². The Hall–Kier alpha value is -1.19. The molecule has 2 aliphatic rings. The van der Waals surface area contributed by atoms with Crippen LogP contribution in [0.25, 0.3) is 10.9 Å². The van der Waals surface area contributed by atoms with Crippen molar-refractivity contribution in [2.24, 2.45) is 5.92 Å². The monoisotopic (exact) mass is 297 g/mol. The average Bonchev–Trinajstić information content (AvgIpc) is 2.91. The smallest absolute Gasteiger partial charge is 0.0459 e. The molecule has 1 radical (unpaired) electrons. The Morgan fingerprint density at radius 2 is 2.33 bits per heavy atom. The van der Waals surface area contributed by atoms with Gasteiger partial charge in [-0.25, -0.2) is 0 Å². The fourth-order valence-corrected chi connectivity index (χ4v) is 4.64. The molecule has 1 aromatic carbocycles. The maximum absolute atomic E-state index is 4.89. The van der Waals surface area contributed by atoms with Crippen molar-refractivity contribution < 1.29 is 0 Å². The van der Waals surface area contributed by atoms with E-state index in [4.69, 9.17) is 12.2 Å². The van der Waals surface area contributed by atoms with Crippen molar-refractivity contribution in [3.05, 3.63) is 35.5 Å². The summed E-state index contributed by atoms with van der Waals surface area (Å²) in [5.74, 6) is 1.42. The first kappa shape index (κ1) is 13.5. The van der Waals surface area contributed by atoms with Gasteiger partial charge in [0.05, 0.1) is 0 Å². The largest absolute Gasteiger partial charge is 0.361 e. The lowest BCUT2D eigenvalue weighted by Crippen LogP contribution is -2.47. The predicted octanol–water partition coefficient (Wildman–Crippen LogP) is 3.78. The maximum Gasteiger partial charge on any atom is 0.0459 e. The van der Waals surface area contributed by atoms with Crippen LogP contribution < -0.4 is 0 Å². The first-order valence-electron chi connectivity index (χ1n) is 7.92. The fourth-order valence-electron chi connectivity index (χ4n) is 4.53. The van der Waals surface area contributed by atoms with E-state index < -0.39 is 0 Å². The highest BCUT2D eigenvalue weighted by Gasteiger charge is 2.38. The van der Waals surface area contributed by atoms with Gasteiger partial charge in [0.2, 0.25) is 0 Å². The van der Waals surface area contributed by atoms with Crippen molar-refractivity contribution in [2.75, 3.05) is 13.6 Å². The summed E-state index contributed by atoms with van der Waals surface area (Å²) in [4.78, 5) is 6.03. The summed E-state index contributed by atoms with van der Waals surface area (Å²) < 4.78 is 0. The average molecular weight is 297 g/mol. The zero-order valence-electron chi connectivity index (χ0n) is 12.4. The van der Waals surface area contributed by atoms with Gasteiger partial charge in [-0.15, -0.1) is 0 Å². The molecule has 0 spiro atoms. The highest BCUT2D eigenvalue weighted by Crippen LogP contribution is 2.44. The number of rotatable bonds is 3. The number of hydrogen-bond acceptors (Lipinski definition) is 2. The molecule has 4 rings (SSSR count). The second-order valence-corrected chi connectivity index (χ2v) is 6.97. The molecule has 1 saturated heterocycles. The molecule has 109 valence electrons. The number of H-pyrrole nitrogens is 1. The molecule has 2 unspecified atom stereocenters. The number of nitrogens with one attached hydrogen (secondary N) is 1. The van der Waals surface area contributed by atoms with Gasteiger partial charge >= 0.3 is 0 Å². The third-order valence-corrected chi connectivity index (χ3v) is 5.67. The minimum atomic E-state index is 0.659. The van der Waals surface area contributed by atoms with Crippen molar-refractivity contribution in [3.63, 3.8) is 0 Å². The highest BCUT2D eigenvalue weighted by molar-refractivity contribution is 7.78. The number of piperidine rings is 1. The number of likely N-dealkylation sites (tertiary alicyclic amines) is 1. The normalized spacial score (nSPS) is 28.5.